The van der Waals surface area contributed by atoms with Gasteiger partial charge in [-0.1, -0.05) is 6.08 Å². The molecule has 16 heavy (non-hydrogen) atoms. The van der Waals surface area contributed by atoms with Gasteiger partial charge in [0, 0.05) is 12.5 Å². The second kappa shape index (κ2) is 3.10. The van der Waals surface area contributed by atoms with Crippen LogP contribution < -0.4 is 5.76 Å². The lowest BCUT2D eigenvalue weighted by Gasteiger charge is -1.86. The van der Waals surface area contributed by atoms with Crippen LogP contribution in [0.3, 0.4) is 0 Å². The molecule has 0 bridgehead atoms. The highest BCUT2D eigenvalue weighted by Crippen LogP contribution is 2.18. The van der Waals surface area contributed by atoms with Crippen molar-refractivity contribution in [3.63, 3.8) is 0 Å². The molecule has 0 amide bonds. The molecule has 2 N–H and O–H groups in total. The molecule has 0 atom stereocenters. The van der Waals surface area contributed by atoms with Gasteiger partial charge in [0.2, 0.25) is 0 Å². The standard InChI is InChI=1S/C11H9N3O2/c1-2-3-10-12-6-4-8-9(5-7(6)13-10)16-11(15)14-8/h2,4-5H,1,3H2,(H,12,13)(H,14,15). The number of hydrogen-bond donors (Lipinski definition) is 2. The monoisotopic (exact) mass is 215 g/mol. The normalized spacial score (nSPS) is 11.2. The van der Waals surface area contributed by atoms with Gasteiger partial charge in [-0.3, -0.25) is 4.98 Å². The highest BCUT2D eigenvalue weighted by Gasteiger charge is 2.06. The first kappa shape index (κ1) is 8.96. The van der Waals surface area contributed by atoms with Crippen LogP contribution in [0.5, 0.6) is 0 Å². The molecule has 2 heterocycles. The van der Waals surface area contributed by atoms with Crippen molar-refractivity contribution >= 4 is 22.1 Å². The Morgan fingerprint density at radius 3 is 3.06 bits per heavy atom. The lowest BCUT2D eigenvalue weighted by atomic mass is 10.3. The highest BCUT2D eigenvalue weighted by atomic mass is 16.4. The average molecular weight is 215 g/mol. The van der Waals surface area contributed by atoms with Crippen LogP contribution in [0.2, 0.25) is 0 Å². The summed E-state index contributed by atoms with van der Waals surface area (Å²) in [5, 5.41) is 0. The minimum Gasteiger partial charge on any atom is -0.408 e. The topological polar surface area (TPSA) is 74.7 Å². The van der Waals surface area contributed by atoms with Crippen molar-refractivity contribution in [2.75, 3.05) is 0 Å². The molecule has 0 spiro atoms. The van der Waals surface area contributed by atoms with Crippen molar-refractivity contribution in [3.05, 3.63) is 41.2 Å². The summed E-state index contributed by atoms with van der Waals surface area (Å²) in [4.78, 5) is 21.1. The van der Waals surface area contributed by atoms with Crippen LogP contribution in [0.15, 0.2) is 34.0 Å². The maximum absolute atomic E-state index is 11.0. The van der Waals surface area contributed by atoms with Gasteiger partial charge in [0.25, 0.3) is 0 Å². The molecule has 2 aromatic heterocycles. The Kier molecular flexibility index (Phi) is 1.73. The van der Waals surface area contributed by atoms with Gasteiger partial charge < -0.3 is 9.40 Å². The predicted octanol–water partition coefficient (Wildman–Crippen LogP) is 1.73. The number of fused-ring (bicyclic) bond motifs is 2. The van der Waals surface area contributed by atoms with E-state index in [0.717, 1.165) is 16.9 Å². The largest absolute Gasteiger partial charge is 0.417 e. The molecule has 0 unspecified atom stereocenters. The molecule has 0 saturated heterocycles. The van der Waals surface area contributed by atoms with Gasteiger partial charge in [-0.25, -0.2) is 9.78 Å². The third kappa shape index (κ3) is 1.25. The van der Waals surface area contributed by atoms with E-state index in [4.69, 9.17) is 4.42 Å². The fourth-order valence-electron chi connectivity index (χ4n) is 1.74. The fraction of sp³-hybridized carbons (Fsp3) is 0.0909. The van der Waals surface area contributed by atoms with Crippen molar-refractivity contribution in [1.29, 1.82) is 0 Å². The Bertz CT molecular complexity index is 678. The lowest BCUT2D eigenvalue weighted by molar-refractivity contribution is 0.555. The van der Waals surface area contributed by atoms with Gasteiger partial charge in [0.1, 0.15) is 5.82 Å². The van der Waals surface area contributed by atoms with Crippen molar-refractivity contribution in [2.45, 2.75) is 6.42 Å². The van der Waals surface area contributed by atoms with E-state index >= 15 is 0 Å². The number of nitrogens with one attached hydrogen (secondary N) is 2. The number of imidazole rings is 1. The molecule has 0 aliphatic heterocycles. The third-order valence-electron chi connectivity index (χ3n) is 2.41. The van der Waals surface area contributed by atoms with Crippen LogP contribution in [0.4, 0.5) is 0 Å². The van der Waals surface area contributed by atoms with Gasteiger partial charge >= 0.3 is 5.76 Å². The summed E-state index contributed by atoms with van der Waals surface area (Å²) in [6.45, 7) is 3.66. The molecular formula is C11H9N3O2. The maximum atomic E-state index is 11.0. The first-order valence-electron chi connectivity index (χ1n) is 4.88. The van der Waals surface area contributed by atoms with Crippen LogP contribution in [0, 0.1) is 0 Å². The molecule has 3 aromatic rings. The Labute approximate surface area is 89.8 Å². The number of aromatic amines is 2. The minimum atomic E-state index is -0.450. The molecule has 0 aliphatic rings. The molecule has 0 fully saturated rings. The molecular weight excluding hydrogens is 206 g/mol. The molecule has 0 radical (unpaired) electrons. The highest BCUT2D eigenvalue weighted by molar-refractivity contribution is 5.90. The summed E-state index contributed by atoms with van der Waals surface area (Å²) in [6.07, 6.45) is 2.47. The summed E-state index contributed by atoms with van der Waals surface area (Å²) >= 11 is 0. The molecule has 5 nitrogen and oxygen atoms in total. The Morgan fingerprint density at radius 2 is 2.25 bits per heavy atom. The van der Waals surface area contributed by atoms with E-state index in [9.17, 15) is 4.79 Å². The van der Waals surface area contributed by atoms with Crippen LogP contribution >= 0.6 is 0 Å². The number of hydrogen-bond acceptors (Lipinski definition) is 3. The molecule has 1 aromatic carbocycles. The van der Waals surface area contributed by atoms with Gasteiger partial charge in [0.15, 0.2) is 5.58 Å². The van der Waals surface area contributed by atoms with Crippen LogP contribution in [0.25, 0.3) is 22.1 Å². The van der Waals surface area contributed by atoms with E-state index in [1.54, 1.807) is 12.1 Å². The first-order valence-corrected chi connectivity index (χ1v) is 4.88. The molecule has 3 rings (SSSR count). The van der Waals surface area contributed by atoms with Crippen molar-refractivity contribution in [2.24, 2.45) is 0 Å². The van der Waals surface area contributed by atoms with Gasteiger partial charge in [0.05, 0.1) is 16.6 Å². The number of allylic oxidation sites excluding steroid dienone is 1. The maximum Gasteiger partial charge on any atom is 0.417 e. The second-order valence-electron chi connectivity index (χ2n) is 3.56. The van der Waals surface area contributed by atoms with E-state index in [-0.39, 0.29) is 0 Å². The summed E-state index contributed by atoms with van der Waals surface area (Å²) in [5.74, 6) is 0.397. The minimum absolute atomic E-state index is 0.450. The van der Waals surface area contributed by atoms with Gasteiger partial charge in [-0.05, 0) is 6.07 Å². The predicted molar refractivity (Wildman–Crippen MR) is 60.4 cm³/mol. The van der Waals surface area contributed by atoms with Crippen molar-refractivity contribution in [1.82, 2.24) is 15.0 Å². The number of aromatic nitrogens is 3. The molecule has 0 aliphatic carbocycles. The van der Waals surface area contributed by atoms with E-state index in [0.29, 0.717) is 17.5 Å². The fourth-order valence-corrected chi connectivity index (χ4v) is 1.74. The van der Waals surface area contributed by atoms with Gasteiger partial charge in [-0.2, -0.15) is 0 Å². The van der Waals surface area contributed by atoms with Crippen LogP contribution in [-0.2, 0) is 6.42 Å². The zero-order valence-corrected chi connectivity index (χ0v) is 8.41. The number of nitrogens with zero attached hydrogens (tertiary/aromatic N) is 1. The number of oxazole rings is 1. The van der Waals surface area contributed by atoms with E-state index in [1.807, 2.05) is 6.07 Å². The van der Waals surface area contributed by atoms with Crippen LogP contribution in [-0.4, -0.2) is 15.0 Å². The molecule has 5 heteroatoms. The Hall–Kier alpha value is -2.30. The SMILES string of the molecule is C=CCc1nc2cc3oc(=O)[nH]c3cc2[nH]1. The molecule has 80 valence electrons. The zero-order valence-electron chi connectivity index (χ0n) is 8.41. The number of H-pyrrole nitrogens is 2. The first-order chi connectivity index (χ1) is 7.76. The summed E-state index contributed by atoms with van der Waals surface area (Å²) < 4.78 is 4.96. The quantitative estimate of drug-likeness (QED) is 0.639. The van der Waals surface area contributed by atoms with Crippen molar-refractivity contribution in [3.8, 4) is 0 Å². The zero-order chi connectivity index (χ0) is 11.1. The van der Waals surface area contributed by atoms with Gasteiger partial charge in [-0.15, -0.1) is 6.58 Å². The molecule has 0 saturated carbocycles. The van der Waals surface area contributed by atoms with E-state index < -0.39 is 5.76 Å². The summed E-state index contributed by atoms with van der Waals surface area (Å²) in [6, 6.07) is 3.56. The smallest absolute Gasteiger partial charge is 0.408 e. The Balaban J connectivity index is 2.31. The Morgan fingerprint density at radius 1 is 1.38 bits per heavy atom. The van der Waals surface area contributed by atoms with E-state index in [1.165, 1.54) is 0 Å². The average Bonchev–Trinajstić information content (AvgIpc) is 2.75. The van der Waals surface area contributed by atoms with Crippen LogP contribution in [0.1, 0.15) is 5.82 Å². The number of benzene rings is 1. The summed E-state index contributed by atoms with van der Waals surface area (Å²) in [5.41, 5.74) is 2.86. The van der Waals surface area contributed by atoms with E-state index in [2.05, 4.69) is 21.5 Å². The second-order valence-corrected chi connectivity index (χ2v) is 3.56. The summed E-state index contributed by atoms with van der Waals surface area (Å²) in [7, 11) is 0. The third-order valence-corrected chi connectivity index (χ3v) is 2.41. The lowest BCUT2D eigenvalue weighted by Crippen LogP contribution is -1.92. The van der Waals surface area contributed by atoms with Crippen molar-refractivity contribution < 1.29 is 4.42 Å². The number of rotatable bonds is 2.